The van der Waals surface area contributed by atoms with Gasteiger partial charge in [-0.3, -0.25) is 9.78 Å². The summed E-state index contributed by atoms with van der Waals surface area (Å²) in [6, 6.07) is 9.99. The minimum absolute atomic E-state index is 0. The summed E-state index contributed by atoms with van der Waals surface area (Å²) < 4.78 is 13.2. The van der Waals surface area contributed by atoms with Crippen LogP contribution in [0.3, 0.4) is 0 Å². The fourth-order valence-electron chi connectivity index (χ4n) is 2.15. The van der Waals surface area contributed by atoms with E-state index in [2.05, 4.69) is 25.9 Å². The second kappa shape index (κ2) is 12.2. The van der Waals surface area contributed by atoms with Gasteiger partial charge < -0.3 is 16.0 Å². The highest BCUT2D eigenvalue weighted by Gasteiger charge is 2.03. The normalized spacial score (nSPS) is 10.6. The number of guanidine groups is 1. The number of halogens is 2. The van der Waals surface area contributed by atoms with Crippen molar-refractivity contribution in [3.05, 3.63) is 60.2 Å². The molecule has 8 heteroatoms. The van der Waals surface area contributed by atoms with Gasteiger partial charge in [-0.2, -0.15) is 0 Å². The molecular weight excluding hydrogens is 448 g/mol. The topological polar surface area (TPSA) is 78.4 Å². The summed E-state index contributed by atoms with van der Waals surface area (Å²) in [5.41, 5.74) is 1.53. The standard InChI is InChI=1S/C18H22FN5O.HI/c1-2-21-18(22-10-8-14-5-3-6-15(19)11-14)23-13-17(25)24-16-7-4-9-20-12-16;/h3-7,9,11-12H,2,8,10,13H2,1H3,(H,24,25)(H2,21,22,23);1H. The molecule has 0 unspecified atom stereocenters. The van der Waals surface area contributed by atoms with E-state index in [1.54, 1.807) is 30.6 Å². The van der Waals surface area contributed by atoms with Crippen molar-refractivity contribution >= 4 is 41.5 Å². The van der Waals surface area contributed by atoms with Gasteiger partial charge >= 0.3 is 0 Å². The molecule has 1 amide bonds. The lowest BCUT2D eigenvalue weighted by molar-refractivity contribution is -0.114. The molecule has 0 saturated carbocycles. The molecule has 0 aliphatic heterocycles. The van der Waals surface area contributed by atoms with Crippen LogP contribution < -0.4 is 16.0 Å². The minimum Gasteiger partial charge on any atom is -0.357 e. The van der Waals surface area contributed by atoms with Gasteiger partial charge in [0.1, 0.15) is 12.4 Å². The maximum absolute atomic E-state index is 13.2. The van der Waals surface area contributed by atoms with E-state index >= 15 is 0 Å². The molecule has 6 nitrogen and oxygen atoms in total. The lowest BCUT2D eigenvalue weighted by Crippen LogP contribution is -2.39. The van der Waals surface area contributed by atoms with Crippen LogP contribution in [0.15, 0.2) is 53.8 Å². The fraction of sp³-hybridized carbons (Fsp3) is 0.278. The second-order valence-corrected chi connectivity index (χ2v) is 5.29. The van der Waals surface area contributed by atoms with E-state index in [0.717, 1.165) is 5.56 Å². The highest BCUT2D eigenvalue weighted by Crippen LogP contribution is 2.03. The number of aromatic nitrogens is 1. The van der Waals surface area contributed by atoms with E-state index in [1.807, 2.05) is 13.0 Å². The van der Waals surface area contributed by atoms with E-state index in [9.17, 15) is 9.18 Å². The predicted molar refractivity (Wildman–Crippen MR) is 112 cm³/mol. The first-order valence-electron chi connectivity index (χ1n) is 8.14. The number of carbonyl (C=O) groups excluding carboxylic acids is 1. The van der Waals surface area contributed by atoms with Gasteiger partial charge in [0, 0.05) is 19.3 Å². The minimum atomic E-state index is -0.245. The van der Waals surface area contributed by atoms with Crippen LogP contribution in [-0.2, 0) is 11.2 Å². The summed E-state index contributed by atoms with van der Waals surface area (Å²) in [4.78, 5) is 20.1. The van der Waals surface area contributed by atoms with E-state index in [1.165, 1.54) is 12.1 Å². The number of hydrogen-bond acceptors (Lipinski definition) is 3. The Hall–Kier alpha value is -2.23. The van der Waals surface area contributed by atoms with Gasteiger partial charge in [-0.05, 0) is 43.2 Å². The SMILES string of the molecule is CCNC(=NCC(=O)Nc1cccnc1)NCCc1cccc(F)c1.I. The molecule has 2 rings (SSSR count). The van der Waals surface area contributed by atoms with Crippen molar-refractivity contribution in [3.8, 4) is 0 Å². The molecule has 0 saturated heterocycles. The molecule has 140 valence electrons. The number of hydrogen-bond donors (Lipinski definition) is 3. The molecule has 0 bridgehead atoms. The number of amides is 1. The molecule has 2 aromatic rings. The molecule has 0 spiro atoms. The van der Waals surface area contributed by atoms with E-state index in [0.29, 0.717) is 31.2 Å². The van der Waals surface area contributed by atoms with Crippen molar-refractivity contribution < 1.29 is 9.18 Å². The van der Waals surface area contributed by atoms with Gasteiger partial charge in [0.05, 0.1) is 11.9 Å². The zero-order valence-corrected chi connectivity index (χ0v) is 16.9. The maximum Gasteiger partial charge on any atom is 0.246 e. The van der Waals surface area contributed by atoms with E-state index in [4.69, 9.17) is 0 Å². The fourth-order valence-corrected chi connectivity index (χ4v) is 2.15. The van der Waals surface area contributed by atoms with E-state index < -0.39 is 0 Å². The smallest absolute Gasteiger partial charge is 0.246 e. The number of anilines is 1. The van der Waals surface area contributed by atoms with Crippen molar-refractivity contribution in [3.63, 3.8) is 0 Å². The van der Waals surface area contributed by atoms with Crippen molar-refractivity contribution in [2.24, 2.45) is 4.99 Å². The lowest BCUT2D eigenvalue weighted by atomic mass is 10.1. The molecule has 0 fully saturated rings. The Bertz CT molecular complexity index is 712. The summed E-state index contributed by atoms with van der Waals surface area (Å²) >= 11 is 0. The maximum atomic E-state index is 13.2. The Labute approximate surface area is 169 Å². The third-order valence-electron chi connectivity index (χ3n) is 3.27. The molecule has 3 N–H and O–H groups in total. The molecular formula is C18H23FIN5O. The number of pyridine rings is 1. The first kappa shape index (κ1) is 21.8. The zero-order valence-electron chi connectivity index (χ0n) is 14.5. The highest BCUT2D eigenvalue weighted by molar-refractivity contribution is 14.0. The van der Waals surface area contributed by atoms with Gasteiger partial charge in [-0.25, -0.2) is 9.38 Å². The number of carbonyl (C=O) groups is 1. The van der Waals surface area contributed by atoms with Crippen LogP contribution in [0.1, 0.15) is 12.5 Å². The number of benzene rings is 1. The molecule has 0 aliphatic rings. The van der Waals surface area contributed by atoms with Gasteiger partial charge in [0.15, 0.2) is 5.96 Å². The van der Waals surface area contributed by atoms with Crippen LogP contribution in [0.2, 0.25) is 0 Å². The van der Waals surface area contributed by atoms with Crippen LogP contribution in [0.25, 0.3) is 0 Å². The van der Waals surface area contributed by atoms with Crippen LogP contribution in [-0.4, -0.2) is 36.5 Å². The van der Waals surface area contributed by atoms with Crippen molar-refractivity contribution in [2.75, 3.05) is 25.0 Å². The van der Waals surface area contributed by atoms with Crippen LogP contribution in [0.4, 0.5) is 10.1 Å². The third-order valence-corrected chi connectivity index (χ3v) is 3.27. The monoisotopic (exact) mass is 471 g/mol. The Morgan fingerprint density at radius 1 is 1.23 bits per heavy atom. The predicted octanol–water partition coefficient (Wildman–Crippen LogP) is 2.58. The van der Waals surface area contributed by atoms with Gasteiger partial charge in [-0.1, -0.05) is 12.1 Å². The van der Waals surface area contributed by atoms with Gasteiger partial charge in [0.2, 0.25) is 5.91 Å². The average Bonchev–Trinajstić information content (AvgIpc) is 2.60. The Kier molecular flexibility index (Phi) is 10.2. The molecule has 1 heterocycles. The molecule has 0 atom stereocenters. The third kappa shape index (κ3) is 8.24. The number of nitrogens with zero attached hydrogens (tertiary/aromatic N) is 2. The van der Waals surface area contributed by atoms with E-state index in [-0.39, 0.29) is 42.2 Å². The Balaban J connectivity index is 0.00000338. The first-order valence-corrected chi connectivity index (χ1v) is 8.14. The lowest BCUT2D eigenvalue weighted by Gasteiger charge is -2.11. The quantitative estimate of drug-likeness (QED) is 0.330. The molecule has 0 aliphatic carbocycles. The van der Waals surface area contributed by atoms with Gasteiger partial charge in [0.25, 0.3) is 0 Å². The van der Waals surface area contributed by atoms with Crippen molar-refractivity contribution in [1.29, 1.82) is 0 Å². The van der Waals surface area contributed by atoms with Gasteiger partial charge in [-0.15, -0.1) is 24.0 Å². The first-order chi connectivity index (χ1) is 12.2. The second-order valence-electron chi connectivity index (χ2n) is 5.29. The summed E-state index contributed by atoms with van der Waals surface area (Å²) in [6.45, 7) is 3.19. The largest absolute Gasteiger partial charge is 0.357 e. The van der Waals surface area contributed by atoms with Crippen molar-refractivity contribution in [1.82, 2.24) is 15.6 Å². The van der Waals surface area contributed by atoms with Crippen LogP contribution in [0, 0.1) is 5.82 Å². The zero-order chi connectivity index (χ0) is 17.9. The number of rotatable bonds is 7. The summed E-state index contributed by atoms with van der Waals surface area (Å²) in [5.74, 6) is 0.0701. The number of aliphatic imine (C=N–C) groups is 1. The Morgan fingerprint density at radius 3 is 2.77 bits per heavy atom. The van der Waals surface area contributed by atoms with Crippen LogP contribution >= 0.6 is 24.0 Å². The molecule has 26 heavy (non-hydrogen) atoms. The number of nitrogens with one attached hydrogen (secondary N) is 3. The Morgan fingerprint density at radius 2 is 2.08 bits per heavy atom. The van der Waals surface area contributed by atoms with Crippen molar-refractivity contribution in [2.45, 2.75) is 13.3 Å². The average molecular weight is 471 g/mol. The van der Waals surface area contributed by atoms with Crippen LogP contribution in [0.5, 0.6) is 0 Å². The summed E-state index contributed by atoms with van der Waals surface area (Å²) in [6.07, 6.45) is 3.87. The summed E-state index contributed by atoms with van der Waals surface area (Å²) in [5, 5.41) is 8.93. The summed E-state index contributed by atoms with van der Waals surface area (Å²) in [7, 11) is 0. The molecule has 1 aromatic carbocycles. The molecule has 0 radical (unpaired) electrons. The molecule has 1 aromatic heterocycles. The highest BCUT2D eigenvalue weighted by atomic mass is 127.